The molecule has 6 nitrogen and oxygen atoms in total. The summed E-state index contributed by atoms with van der Waals surface area (Å²) in [5.74, 6) is -0.391. The number of amides is 2. The molecule has 0 saturated carbocycles. The van der Waals surface area contributed by atoms with Gasteiger partial charge in [-0.1, -0.05) is 60.7 Å². The van der Waals surface area contributed by atoms with Gasteiger partial charge in [-0.2, -0.15) is 0 Å². The minimum absolute atomic E-state index is 0.146. The van der Waals surface area contributed by atoms with E-state index in [9.17, 15) is 14.4 Å². The topological polar surface area (TPSA) is 75.7 Å². The molecule has 0 bridgehead atoms. The van der Waals surface area contributed by atoms with E-state index in [1.165, 1.54) is 4.90 Å². The Morgan fingerprint density at radius 1 is 1.07 bits per heavy atom. The second kappa shape index (κ2) is 8.75. The summed E-state index contributed by atoms with van der Waals surface area (Å²) in [5.41, 5.74) is 2.87. The highest BCUT2D eigenvalue weighted by molar-refractivity contribution is 8.00. The number of hydrogen-bond donors (Lipinski definition) is 1. The Bertz CT molecular complexity index is 991. The highest BCUT2D eigenvalue weighted by atomic mass is 32.2. The van der Waals surface area contributed by atoms with Gasteiger partial charge in [0.15, 0.2) is 0 Å². The number of thioether (sulfide) groups is 1. The van der Waals surface area contributed by atoms with Gasteiger partial charge in [-0.15, -0.1) is 11.8 Å². The number of carbonyl (C=O) groups excluding carboxylic acids is 3. The van der Waals surface area contributed by atoms with E-state index >= 15 is 0 Å². The van der Waals surface area contributed by atoms with Crippen LogP contribution in [0.25, 0.3) is 0 Å². The average molecular weight is 423 g/mol. The maximum absolute atomic E-state index is 12.8. The molecule has 2 aliphatic rings. The molecule has 0 aromatic heterocycles. The number of hydrogen-bond acceptors (Lipinski definition) is 5. The van der Waals surface area contributed by atoms with Crippen LogP contribution in [0.4, 0.5) is 0 Å². The molecule has 1 saturated heterocycles. The van der Waals surface area contributed by atoms with Crippen molar-refractivity contribution in [3.05, 3.63) is 83.1 Å². The molecule has 0 unspecified atom stereocenters. The third kappa shape index (κ3) is 4.11. The van der Waals surface area contributed by atoms with Crippen LogP contribution < -0.4 is 5.32 Å². The maximum Gasteiger partial charge on any atom is 0.355 e. The van der Waals surface area contributed by atoms with E-state index in [2.05, 4.69) is 5.32 Å². The third-order valence-corrected chi connectivity index (χ3v) is 6.51. The smallest absolute Gasteiger partial charge is 0.355 e. The van der Waals surface area contributed by atoms with Crippen molar-refractivity contribution in [1.82, 2.24) is 10.2 Å². The van der Waals surface area contributed by atoms with Gasteiger partial charge in [0.2, 0.25) is 5.91 Å². The zero-order valence-corrected chi connectivity index (χ0v) is 17.4. The molecule has 2 amide bonds. The zero-order chi connectivity index (χ0) is 21.1. The van der Waals surface area contributed by atoms with E-state index < -0.39 is 12.0 Å². The van der Waals surface area contributed by atoms with E-state index in [0.717, 1.165) is 16.7 Å². The SMILES string of the molecule is CC1=C(C(=O)OCc2ccccc2)N2C(=O)[C@H](NC(=O)Cc3ccccc3)[C@H]2SC1. The molecular formula is C23H22N2O4S. The molecule has 7 heteroatoms. The van der Waals surface area contributed by atoms with Gasteiger partial charge in [0.1, 0.15) is 23.7 Å². The van der Waals surface area contributed by atoms with Crippen LogP contribution in [0.2, 0.25) is 0 Å². The Morgan fingerprint density at radius 2 is 1.70 bits per heavy atom. The van der Waals surface area contributed by atoms with Crippen LogP contribution in [0, 0.1) is 0 Å². The molecule has 1 fully saturated rings. The van der Waals surface area contributed by atoms with Gasteiger partial charge in [0.25, 0.3) is 5.91 Å². The number of ether oxygens (including phenoxy) is 1. The Labute approximate surface area is 179 Å². The number of rotatable bonds is 6. The summed E-state index contributed by atoms with van der Waals surface area (Å²) in [7, 11) is 0. The molecule has 4 rings (SSSR count). The average Bonchev–Trinajstić information content (AvgIpc) is 2.77. The normalized spacial score (nSPS) is 20.3. The van der Waals surface area contributed by atoms with Gasteiger partial charge < -0.3 is 10.1 Å². The van der Waals surface area contributed by atoms with Crippen molar-refractivity contribution in [3.63, 3.8) is 0 Å². The van der Waals surface area contributed by atoms with Crippen LogP contribution in [-0.4, -0.2) is 39.9 Å². The fourth-order valence-electron chi connectivity index (χ4n) is 3.56. The highest BCUT2D eigenvalue weighted by Gasteiger charge is 2.53. The first-order chi connectivity index (χ1) is 14.5. The van der Waals surface area contributed by atoms with E-state index in [0.29, 0.717) is 11.4 Å². The Hall–Kier alpha value is -3.06. The van der Waals surface area contributed by atoms with Gasteiger partial charge in [-0.25, -0.2) is 4.79 Å². The van der Waals surface area contributed by atoms with Gasteiger partial charge >= 0.3 is 5.97 Å². The Kier molecular flexibility index (Phi) is 5.90. The lowest BCUT2D eigenvalue weighted by Gasteiger charge is -2.49. The van der Waals surface area contributed by atoms with E-state index in [1.54, 1.807) is 11.8 Å². The van der Waals surface area contributed by atoms with Crippen molar-refractivity contribution in [3.8, 4) is 0 Å². The van der Waals surface area contributed by atoms with E-state index in [1.807, 2.05) is 67.6 Å². The van der Waals surface area contributed by atoms with E-state index in [-0.39, 0.29) is 30.2 Å². The van der Waals surface area contributed by atoms with Crippen LogP contribution in [0.1, 0.15) is 18.1 Å². The quantitative estimate of drug-likeness (QED) is 0.572. The predicted octanol–water partition coefficient (Wildman–Crippen LogP) is 2.65. The summed E-state index contributed by atoms with van der Waals surface area (Å²) in [4.78, 5) is 39.3. The summed E-state index contributed by atoms with van der Waals surface area (Å²) in [5, 5.41) is 2.53. The monoisotopic (exact) mass is 422 g/mol. The van der Waals surface area contributed by atoms with Crippen LogP contribution in [-0.2, 0) is 32.1 Å². The second-order valence-electron chi connectivity index (χ2n) is 7.31. The summed E-state index contributed by atoms with van der Waals surface area (Å²) >= 11 is 1.54. The Morgan fingerprint density at radius 3 is 2.37 bits per heavy atom. The summed E-state index contributed by atoms with van der Waals surface area (Å²) < 4.78 is 5.45. The van der Waals surface area contributed by atoms with Crippen LogP contribution >= 0.6 is 11.8 Å². The molecule has 0 aliphatic carbocycles. The van der Waals surface area contributed by atoms with Gasteiger partial charge in [0.05, 0.1) is 6.42 Å². The lowest BCUT2D eigenvalue weighted by atomic mass is 10.0. The molecule has 30 heavy (non-hydrogen) atoms. The summed E-state index contributed by atoms with van der Waals surface area (Å²) in [6.45, 7) is 1.98. The van der Waals surface area contributed by atoms with Crippen molar-refractivity contribution >= 4 is 29.5 Å². The van der Waals surface area contributed by atoms with Crippen molar-refractivity contribution < 1.29 is 19.1 Å². The standard InChI is InChI=1S/C23H22N2O4S/c1-15-14-30-22-19(24-18(26)12-16-8-4-2-5-9-16)21(27)25(22)20(15)23(28)29-13-17-10-6-3-7-11-17/h2-11,19,22H,12-14H2,1H3,(H,24,26)/t19-,22+/m0/s1. The van der Waals surface area contributed by atoms with Crippen molar-refractivity contribution in [2.75, 3.05) is 5.75 Å². The first kappa shape index (κ1) is 20.2. The van der Waals surface area contributed by atoms with Gasteiger partial charge in [-0.3, -0.25) is 14.5 Å². The molecule has 2 aromatic rings. The van der Waals surface area contributed by atoms with Gasteiger partial charge in [-0.05, 0) is 23.6 Å². The number of esters is 1. The molecular weight excluding hydrogens is 400 g/mol. The molecule has 2 heterocycles. The molecule has 1 N–H and O–H groups in total. The Balaban J connectivity index is 1.39. The largest absolute Gasteiger partial charge is 0.456 e. The lowest BCUT2D eigenvalue weighted by Crippen LogP contribution is -2.70. The van der Waals surface area contributed by atoms with E-state index in [4.69, 9.17) is 4.74 Å². The minimum atomic E-state index is -0.628. The highest BCUT2D eigenvalue weighted by Crippen LogP contribution is 2.40. The molecule has 0 radical (unpaired) electrons. The number of nitrogens with one attached hydrogen (secondary N) is 1. The number of fused-ring (bicyclic) bond motifs is 1. The first-order valence-electron chi connectivity index (χ1n) is 9.73. The van der Waals surface area contributed by atoms with Crippen LogP contribution in [0.15, 0.2) is 71.9 Å². The molecule has 154 valence electrons. The lowest BCUT2D eigenvalue weighted by molar-refractivity contribution is -0.153. The second-order valence-corrected chi connectivity index (χ2v) is 8.41. The minimum Gasteiger partial charge on any atom is -0.456 e. The van der Waals surface area contributed by atoms with Crippen LogP contribution in [0.3, 0.4) is 0 Å². The number of carbonyl (C=O) groups is 3. The number of benzene rings is 2. The van der Waals surface area contributed by atoms with Crippen molar-refractivity contribution in [2.24, 2.45) is 0 Å². The fourth-order valence-corrected chi connectivity index (χ4v) is 4.85. The summed E-state index contributed by atoms with van der Waals surface area (Å²) in [6, 6.07) is 18.2. The summed E-state index contributed by atoms with van der Waals surface area (Å²) in [6.07, 6.45) is 0.211. The zero-order valence-electron chi connectivity index (χ0n) is 16.5. The van der Waals surface area contributed by atoms with Crippen molar-refractivity contribution in [1.29, 1.82) is 0 Å². The maximum atomic E-state index is 12.8. The predicted molar refractivity (Wildman–Crippen MR) is 114 cm³/mol. The number of nitrogens with zero attached hydrogens (tertiary/aromatic N) is 1. The molecule has 0 spiro atoms. The molecule has 2 aromatic carbocycles. The fraction of sp³-hybridized carbons (Fsp3) is 0.261. The third-order valence-electron chi connectivity index (χ3n) is 5.09. The van der Waals surface area contributed by atoms with Crippen LogP contribution in [0.5, 0.6) is 0 Å². The molecule has 2 atom stereocenters. The van der Waals surface area contributed by atoms with Gasteiger partial charge in [0, 0.05) is 5.75 Å². The molecule has 2 aliphatic heterocycles. The van der Waals surface area contributed by atoms with Crippen molar-refractivity contribution in [2.45, 2.75) is 31.4 Å². The number of β-lactam (4-membered cyclic amide) rings is 1. The first-order valence-corrected chi connectivity index (χ1v) is 10.8.